The number of halogens is 1. The van der Waals surface area contributed by atoms with Gasteiger partial charge in [-0.1, -0.05) is 41.6 Å². The number of aromatic nitrogens is 3. The fraction of sp³-hybridized carbons (Fsp3) is 0.222. The molecule has 0 atom stereocenters. The summed E-state index contributed by atoms with van der Waals surface area (Å²) in [6.45, 7) is 2.07. The first-order valence-corrected chi connectivity index (χ1v) is 9.58. The molecule has 0 aliphatic heterocycles. The van der Waals surface area contributed by atoms with Crippen LogP contribution in [0, 0.1) is 12.7 Å². The third-order valence-electron chi connectivity index (χ3n) is 3.54. The molecule has 3 rings (SSSR count). The maximum absolute atomic E-state index is 12.9. The van der Waals surface area contributed by atoms with E-state index in [1.807, 2.05) is 23.7 Å². The van der Waals surface area contributed by atoms with Crippen molar-refractivity contribution in [2.24, 2.45) is 7.05 Å². The zero-order valence-corrected chi connectivity index (χ0v) is 15.2. The topological polar surface area (TPSA) is 30.7 Å². The number of nitrogens with zero attached hydrogens (tertiary/aromatic N) is 3. The van der Waals surface area contributed by atoms with Crippen molar-refractivity contribution in [3.05, 3.63) is 59.9 Å². The zero-order valence-electron chi connectivity index (χ0n) is 13.6. The Hall–Kier alpha value is -1.79. The smallest absolute Gasteiger partial charge is 0.191 e. The van der Waals surface area contributed by atoms with Gasteiger partial charge in [-0.25, -0.2) is 4.39 Å². The molecular weight excluding hydrogens is 341 g/mol. The average Bonchev–Trinajstić information content (AvgIpc) is 2.95. The molecule has 3 aromatic rings. The number of hydrogen-bond donors (Lipinski definition) is 0. The van der Waals surface area contributed by atoms with Crippen LogP contribution in [0.15, 0.2) is 58.6 Å². The normalized spacial score (nSPS) is 11.0. The largest absolute Gasteiger partial charge is 0.305 e. The molecule has 0 amide bonds. The molecule has 1 heterocycles. The summed E-state index contributed by atoms with van der Waals surface area (Å²) >= 11 is 3.40. The number of thioether (sulfide) groups is 2. The predicted octanol–water partition coefficient (Wildman–Crippen LogP) is 4.81. The molecule has 0 bridgehead atoms. The van der Waals surface area contributed by atoms with Crippen LogP contribution in [0.25, 0.3) is 11.4 Å². The molecule has 24 heavy (non-hydrogen) atoms. The quantitative estimate of drug-likeness (QED) is 0.467. The highest BCUT2D eigenvalue weighted by atomic mass is 32.2. The highest BCUT2D eigenvalue weighted by Crippen LogP contribution is 2.25. The summed E-state index contributed by atoms with van der Waals surface area (Å²) in [5.74, 6) is 2.53. The zero-order chi connectivity index (χ0) is 16.9. The van der Waals surface area contributed by atoms with Crippen molar-refractivity contribution in [1.82, 2.24) is 14.8 Å². The monoisotopic (exact) mass is 359 g/mol. The van der Waals surface area contributed by atoms with E-state index in [-0.39, 0.29) is 5.82 Å². The highest BCUT2D eigenvalue weighted by Gasteiger charge is 2.10. The van der Waals surface area contributed by atoms with Gasteiger partial charge in [0.05, 0.1) is 0 Å². The first-order valence-electron chi connectivity index (χ1n) is 7.61. The Labute approximate surface area is 149 Å². The average molecular weight is 359 g/mol. The molecule has 0 aliphatic rings. The molecule has 3 nitrogen and oxygen atoms in total. The second-order valence-corrected chi connectivity index (χ2v) is 7.61. The third kappa shape index (κ3) is 4.19. The fourth-order valence-electron chi connectivity index (χ4n) is 2.22. The summed E-state index contributed by atoms with van der Waals surface area (Å²) in [4.78, 5) is 1.08. The SMILES string of the molecule is Cc1ccc(-c2nnc(SCCSc3ccc(F)cc3)n2C)cc1. The van der Waals surface area contributed by atoms with E-state index >= 15 is 0 Å². The molecule has 0 radical (unpaired) electrons. The van der Waals surface area contributed by atoms with Crippen LogP contribution in [0.3, 0.4) is 0 Å². The van der Waals surface area contributed by atoms with Gasteiger partial charge in [0.25, 0.3) is 0 Å². The summed E-state index contributed by atoms with van der Waals surface area (Å²) in [6, 6.07) is 14.9. The van der Waals surface area contributed by atoms with Gasteiger partial charge < -0.3 is 4.57 Å². The molecule has 2 aromatic carbocycles. The Kier molecular flexibility index (Phi) is 5.58. The summed E-state index contributed by atoms with van der Waals surface area (Å²) < 4.78 is 14.9. The molecule has 0 N–H and O–H groups in total. The molecular formula is C18H18FN3S2. The number of benzene rings is 2. The molecule has 0 aliphatic carbocycles. The minimum atomic E-state index is -0.198. The van der Waals surface area contributed by atoms with Crippen molar-refractivity contribution in [2.45, 2.75) is 17.0 Å². The fourth-order valence-corrected chi connectivity index (χ4v) is 4.01. The van der Waals surface area contributed by atoms with Crippen LogP contribution >= 0.6 is 23.5 Å². The van der Waals surface area contributed by atoms with E-state index in [1.165, 1.54) is 17.7 Å². The van der Waals surface area contributed by atoms with E-state index in [2.05, 4.69) is 41.4 Å². The lowest BCUT2D eigenvalue weighted by molar-refractivity contribution is 0.626. The van der Waals surface area contributed by atoms with Gasteiger partial charge in [-0.15, -0.1) is 22.0 Å². The highest BCUT2D eigenvalue weighted by molar-refractivity contribution is 8.02. The Balaban J connectivity index is 1.56. The van der Waals surface area contributed by atoms with Gasteiger partial charge in [-0.05, 0) is 31.2 Å². The van der Waals surface area contributed by atoms with E-state index < -0.39 is 0 Å². The molecule has 0 saturated carbocycles. The van der Waals surface area contributed by atoms with E-state index in [0.717, 1.165) is 32.9 Å². The van der Waals surface area contributed by atoms with Gasteiger partial charge in [0.2, 0.25) is 0 Å². The van der Waals surface area contributed by atoms with E-state index in [0.29, 0.717) is 0 Å². The van der Waals surface area contributed by atoms with Crippen LogP contribution in [0.1, 0.15) is 5.56 Å². The Morgan fingerprint density at radius 2 is 1.58 bits per heavy atom. The number of aryl methyl sites for hydroxylation is 1. The van der Waals surface area contributed by atoms with Crippen LogP contribution in [0.5, 0.6) is 0 Å². The first kappa shape index (κ1) is 17.0. The summed E-state index contributed by atoms with van der Waals surface area (Å²) in [5.41, 5.74) is 2.30. The lowest BCUT2D eigenvalue weighted by atomic mass is 10.1. The second kappa shape index (κ2) is 7.85. The van der Waals surface area contributed by atoms with Crippen LogP contribution in [-0.2, 0) is 7.05 Å². The summed E-state index contributed by atoms with van der Waals surface area (Å²) in [7, 11) is 1.99. The third-order valence-corrected chi connectivity index (χ3v) is 5.84. The summed E-state index contributed by atoms with van der Waals surface area (Å²) in [6.07, 6.45) is 0. The molecule has 0 unspecified atom stereocenters. The Morgan fingerprint density at radius 3 is 2.29 bits per heavy atom. The van der Waals surface area contributed by atoms with Crippen LogP contribution in [-0.4, -0.2) is 26.3 Å². The van der Waals surface area contributed by atoms with E-state index in [9.17, 15) is 4.39 Å². The minimum absolute atomic E-state index is 0.198. The number of rotatable bonds is 6. The molecule has 124 valence electrons. The van der Waals surface area contributed by atoms with Gasteiger partial charge in [-0.2, -0.15) is 0 Å². The lowest BCUT2D eigenvalue weighted by Crippen LogP contribution is -1.96. The molecule has 1 aromatic heterocycles. The molecule has 0 spiro atoms. The van der Waals surface area contributed by atoms with Crippen molar-refractivity contribution < 1.29 is 4.39 Å². The van der Waals surface area contributed by atoms with Crippen LogP contribution < -0.4 is 0 Å². The van der Waals surface area contributed by atoms with Crippen LogP contribution in [0.4, 0.5) is 4.39 Å². The molecule has 0 saturated heterocycles. The Morgan fingerprint density at radius 1 is 0.917 bits per heavy atom. The second-order valence-electron chi connectivity index (χ2n) is 5.38. The van der Waals surface area contributed by atoms with Gasteiger partial charge in [-0.3, -0.25) is 0 Å². The maximum atomic E-state index is 12.9. The standard InChI is InChI=1S/C18H18FN3S2/c1-13-3-5-14(6-4-13)17-20-21-18(22(17)2)24-12-11-23-16-9-7-15(19)8-10-16/h3-10H,11-12H2,1-2H3. The number of hydrogen-bond acceptors (Lipinski definition) is 4. The van der Waals surface area contributed by atoms with Crippen molar-refractivity contribution in [3.8, 4) is 11.4 Å². The Bertz CT molecular complexity index is 798. The van der Waals surface area contributed by atoms with Crippen molar-refractivity contribution in [1.29, 1.82) is 0 Å². The van der Waals surface area contributed by atoms with Crippen LogP contribution in [0.2, 0.25) is 0 Å². The van der Waals surface area contributed by atoms with Gasteiger partial charge in [0.15, 0.2) is 11.0 Å². The van der Waals surface area contributed by atoms with Crippen molar-refractivity contribution in [2.75, 3.05) is 11.5 Å². The summed E-state index contributed by atoms with van der Waals surface area (Å²) in [5, 5.41) is 9.50. The van der Waals surface area contributed by atoms with Crippen molar-refractivity contribution >= 4 is 23.5 Å². The molecule has 0 fully saturated rings. The minimum Gasteiger partial charge on any atom is -0.305 e. The van der Waals surface area contributed by atoms with E-state index in [1.54, 1.807) is 23.5 Å². The van der Waals surface area contributed by atoms with Gasteiger partial charge in [0.1, 0.15) is 5.82 Å². The van der Waals surface area contributed by atoms with Crippen molar-refractivity contribution in [3.63, 3.8) is 0 Å². The van der Waals surface area contributed by atoms with Gasteiger partial charge in [0, 0.05) is 29.0 Å². The van der Waals surface area contributed by atoms with Gasteiger partial charge >= 0.3 is 0 Å². The van der Waals surface area contributed by atoms with E-state index in [4.69, 9.17) is 0 Å². The maximum Gasteiger partial charge on any atom is 0.191 e. The lowest BCUT2D eigenvalue weighted by Gasteiger charge is -2.04. The first-order chi connectivity index (χ1) is 11.6. The molecule has 6 heteroatoms. The predicted molar refractivity (Wildman–Crippen MR) is 99.0 cm³/mol.